The van der Waals surface area contributed by atoms with Gasteiger partial charge in [-0.15, -0.1) is 0 Å². The Morgan fingerprint density at radius 3 is 1.89 bits per heavy atom. The Labute approximate surface area is 114 Å². The van der Waals surface area contributed by atoms with Crippen molar-refractivity contribution in [2.75, 3.05) is 13.7 Å². The lowest BCUT2D eigenvalue weighted by molar-refractivity contribution is -0.0207. The standard InChI is InChI=1S/C16H32O2/c1-9-14(10-2)16(7,17-8)13(6)15(12(4)5)18-11-3/h12,14H,9-11H2,1-8H3/b15-13-. The minimum Gasteiger partial charge on any atom is -0.498 e. The molecule has 0 aliphatic heterocycles. The smallest absolute Gasteiger partial charge is 0.100 e. The zero-order chi connectivity index (χ0) is 14.3. The first-order valence-electron chi connectivity index (χ1n) is 7.28. The van der Waals surface area contributed by atoms with Gasteiger partial charge >= 0.3 is 0 Å². The highest BCUT2D eigenvalue weighted by Gasteiger charge is 2.36. The molecule has 0 aromatic carbocycles. The van der Waals surface area contributed by atoms with E-state index < -0.39 is 0 Å². The summed E-state index contributed by atoms with van der Waals surface area (Å²) in [5, 5.41) is 0. The number of ether oxygens (including phenoxy) is 2. The molecular weight excluding hydrogens is 224 g/mol. The van der Waals surface area contributed by atoms with Gasteiger partial charge in [-0.3, -0.25) is 0 Å². The molecule has 0 heterocycles. The summed E-state index contributed by atoms with van der Waals surface area (Å²) in [6, 6.07) is 0. The maximum absolute atomic E-state index is 5.88. The van der Waals surface area contributed by atoms with E-state index in [1.54, 1.807) is 0 Å². The fourth-order valence-electron chi connectivity index (χ4n) is 2.80. The zero-order valence-electron chi connectivity index (χ0n) is 13.6. The van der Waals surface area contributed by atoms with Gasteiger partial charge in [0, 0.05) is 13.0 Å². The van der Waals surface area contributed by atoms with Crippen LogP contribution in [0.3, 0.4) is 0 Å². The van der Waals surface area contributed by atoms with Crippen LogP contribution in [0.1, 0.15) is 61.3 Å². The van der Waals surface area contributed by atoms with E-state index in [0.717, 1.165) is 18.6 Å². The van der Waals surface area contributed by atoms with E-state index in [9.17, 15) is 0 Å². The van der Waals surface area contributed by atoms with E-state index in [1.165, 1.54) is 5.57 Å². The summed E-state index contributed by atoms with van der Waals surface area (Å²) in [4.78, 5) is 0. The molecular formula is C16H32O2. The average Bonchev–Trinajstić information content (AvgIpc) is 2.35. The molecule has 0 aliphatic carbocycles. The van der Waals surface area contributed by atoms with Crippen LogP contribution >= 0.6 is 0 Å². The van der Waals surface area contributed by atoms with Crippen molar-refractivity contribution in [2.45, 2.75) is 66.9 Å². The zero-order valence-corrected chi connectivity index (χ0v) is 13.6. The summed E-state index contributed by atoms with van der Waals surface area (Å²) in [5.41, 5.74) is 1.02. The van der Waals surface area contributed by atoms with Crippen LogP contribution in [0.4, 0.5) is 0 Å². The predicted octanol–water partition coefficient (Wildman–Crippen LogP) is 4.79. The molecule has 1 atom stereocenters. The second kappa shape index (κ2) is 7.83. The summed E-state index contributed by atoms with van der Waals surface area (Å²) in [7, 11) is 1.81. The van der Waals surface area contributed by atoms with Crippen molar-refractivity contribution in [1.82, 2.24) is 0 Å². The third kappa shape index (κ3) is 3.74. The molecule has 0 bridgehead atoms. The van der Waals surface area contributed by atoms with Crippen LogP contribution in [0.25, 0.3) is 0 Å². The Bertz CT molecular complexity index is 264. The Balaban J connectivity index is 5.53. The van der Waals surface area contributed by atoms with Gasteiger partial charge in [0.2, 0.25) is 0 Å². The fraction of sp³-hybridized carbons (Fsp3) is 0.875. The lowest BCUT2D eigenvalue weighted by Gasteiger charge is -2.38. The predicted molar refractivity (Wildman–Crippen MR) is 78.7 cm³/mol. The number of hydrogen-bond donors (Lipinski definition) is 0. The van der Waals surface area contributed by atoms with Crippen LogP contribution < -0.4 is 0 Å². The summed E-state index contributed by atoms with van der Waals surface area (Å²) in [5.74, 6) is 2.01. The van der Waals surface area contributed by atoms with Crippen molar-refractivity contribution >= 4 is 0 Å². The van der Waals surface area contributed by atoms with Crippen molar-refractivity contribution in [3.05, 3.63) is 11.3 Å². The van der Waals surface area contributed by atoms with E-state index in [4.69, 9.17) is 9.47 Å². The normalized spacial score (nSPS) is 16.8. The highest BCUT2D eigenvalue weighted by atomic mass is 16.5. The SMILES string of the molecule is CCO/C(=C(/C)C(C)(OC)C(CC)CC)C(C)C. The van der Waals surface area contributed by atoms with Crippen molar-refractivity contribution in [2.24, 2.45) is 11.8 Å². The van der Waals surface area contributed by atoms with Gasteiger partial charge in [-0.2, -0.15) is 0 Å². The first kappa shape index (κ1) is 17.5. The molecule has 0 spiro atoms. The Morgan fingerprint density at radius 2 is 1.61 bits per heavy atom. The fourth-order valence-corrected chi connectivity index (χ4v) is 2.80. The number of allylic oxidation sites excluding steroid dienone is 1. The minimum absolute atomic E-state index is 0.224. The first-order chi connectivity index (χ1) is 8.38. The molecule has 1 unspecified atom stereocenters. The van der Waals surface area contributed by atoms with E-state index in [-0.39, 0.29) is 5.60 Å². The lowest BCUT2D eigenvalue weighted by atomic mass is 9.78. The molecule has 0 amide bonds. The molecule has 0 radical (unpaired) electrons. The molecule has 0 saturated heterocycles. The molecule has 0 saturated carbocycles. The third-order valence-corrected chi connectivity index (χ3v) is 4.13. The van der Waals surface area contributed by atoms with Gasteiger partial charge in [0.05, 0.1) is 12.2 Å². The Morgan fingerprint density at radius 1 is 1.11 bits per heavy atom. The molecule has 0 aromatic heterocycles. The van der Waals surface area contributed by atoms with Crippen LogP contribution in [0, 0.1) is 11.8 Å². The molecule has 18 heavy (non-hydrogen) atoms. The highest BCUT2D eigenvalue weighted by molar-refractivity contribution is 5.21. The molecule has 0 N–H and O–H groups in total. The van der Waals surface area contributed by atoms with Crippen molar-refractivity contribution in [3.63, 3.8) is 0 Å². The van der Waals surface area contributed by atoms with E-state index in [0.29, 0.717) is 18.4 Å². The summed E-state index contributed by atoms with van der Waals surface area (Å²) >= 11 is 0. The number of rotatable bonds is 8. The maximum atomic E-state index is 5.88. The largest absolute Gasteiger partial charge is 0.498 e. The van der Waals surface area contributed by atoms with Gasteiger partial charge in [-0.05, 0) is 32.3 Å². The van der Waals surface area contributed by atoms with Crippen LogP contribution in [-0.2, 0) is 9.47 Å². The lowest BCUT2D eigenvalue weighted by Crippen LogP contribution is -2.39. The van der Waals surface area contributed by atoms with Crippen molar-refractivity contribution in [1.29, 1.82) is 0 Å². The molecule has 108 valence electrons. The highest BCUT2D eigenvalue weighted by Crippen LogP contribution is 2.37. The van der Waals surface area contributed by atoms with Gasteiger partial charge in [0.25, 0.3) is 0 Å². The quantitative estimate of drug-likeness (QED) is 0.581. The van der Waals surface area contributed by atoms with Crippen LogP contribution in [0.5, 0.6) is 0 Å². The first-order valence-corrected chi connectivity index (χ1v) is 7.28. The van der Waals surface area contributed by atoms with E-state index in [1.807, 2.05) is 14.0 Å². The molecule has 0 aromatic rings. The average molecular weight is 256 g/mol. The summed E-state index contributed by atoms with van der Waals surface area (Å²) < 4.78 is 11.7. The van der Waals surface area contributed by atoms with E-state index in [2.05, 4.69) is 41.5 Å². The van der Waals surface area contributed by atoms with Gasteiger partial charge in [0.15, 0.2) is 0 Å². The molecule has 0 fully saturated rings. The second-order valence-electron chi connectivity index (χ2n) is 5.40. The Hall–Kier alpha value is -0.500. The maximum Gasteiger partial charge on any atom is 0.100 e. The molecule has 0 rings (SSSR count). The molecule has 0 aliphatic rings. The van der Waals surface area contributed by atoms with Crippen molar-refractivity contribution in [3.8, 4) is 0 Å². The van der Waals surface area contributed by atoms with Crippen LogP contribution in [0.15, 0.2) is 11.3 Å². The molecule has 2 heteroatoms. The van der Waals surface area contributed by atoms with Crippen LogP contribution in [-0.4, -0.2) is 19.3 Å². The van der Waals surface area contributed by atoms with E-state index >= 15 is 0 Å². The Kier molecular flexibility index (Phi) is 7.61. The third-order valence-electron chi connectivity index (χ3n) is 4.13. The van der Waals surface area contributed by atoms with Crippen molar-refractivity contribution < 1.29 is 9.47 Å². The molecule has 2 nitrogen and oxygen atoms in total. The monoisotopic (exact) mass is 256 g/mol. The second-order valence-corrected chi connectivity index (χ2v) is 5.40. The van der Waals surface area contributed by atoms with Gasteiger partial charge in [-0.1, -0.05) is 40.5 Å². The topological polar surface area (TPSA) is 18.5 Å². The summed E-state index contributed by atoms with van der Waals surface area (Å²) in [6.07, 6.45) is 2.24. The van der Waals surface area contributed by atoms with Gasteiger partial charge in [0.1, 0.15) is 5.76 Å². The van der Waals surface area contributed by atoms with Crippen LogP contribution in [0.2, 0.25) is 0 Å². The van der Waals surface area contributed by atoms with Gasteiger partial charge in [-0.25, -0.2) is 0 Å². The number of methoxy groups -OCH3 is 1. The number of hydrogen-bond acceptors (Lipinski definition) is 2. The van der Waals surface area contributed by atoms with Gasteiger partial charge < -0.3 is 9.47 Å². The minimum atomic E-state index is -0.224. The summed E-state index contributed by atoms with van der Waals surface area (Å²) in [6.45, 7) is 15.9.